The van der Waals surface area contributed by atoms with E-state index in [4.69, 9.17) is 18.9 Å². The van der Waals surface area contributed by atoms with Crippen LogP contribution < -0.4 is 29.7 Å². The minimum Gasteiger partial charge on any atom is -0.454 e. The van der Waals surface area contributed by atoms with E-state index < -0.39 is 11.8 Å². The van der Waals surface area contributed by atoms with Crippen molar-refractivity contribution in [2.75, 3.05) is 13.6 Å². The van der Waals surface area contributed by atoms with Crippen LogP contribution in [0, 0.1) is 0 Å². The molecule has 9 heteroatoms. The second-order valence-corrected chi connectivity index (χ2v) is 5.68. The Bertz CT molecular complexity index is 927. The highest BCUT2D eigenvalue weighted by Crippen LogP contribution is 2.33. The Kier molecular flexibility index (Phi) is 4.48. The molecule has 2 aliphatic heterocycles. The summed E-state index contributed by atoms with van der Waals surface area (Å²) in [6.07, 6.45) is 1.41. The summed E-state index contributed by atoms with van der Waals surface area (Å²) < 4.78 is 21.0. The standard InChI is InChI=1S/C18H15N3O6/c22-17(19-7-11-1-3-13-15(5-11)26-9-24-13)18(23)21-20-8-12-2-4-14-16(6-12)27-10-25-14/h1-6,8H,7,9-10H2,(H,19,22)(H,21,23)/b20-8+. The Labute approximate surface area is 153 Å². The maximum absolute atomic E-state index is 11.9. The number of rotatable bonds is 4. The van der Waals surface area contributed by atoms with Gasteiger partial charge >= 0.3 is 11.8 Å². The molecule has 0 saturated carbocycles. The van der Waals surface area contributed by atoms with Crippen LogP contribution in [0.25, 0.3) is 0 Å². The van der Waals surface area contributed by atoms with Gasteiger partial charge in [-0.25, -0.2) is 5.43 Å². The summed E-state index contributed by atoms with van der Waals surface area (Å²) in [6.45, 7) is 0.528. The molecule has 0 bridgehead atoms. The fourth-order valence-electron chi connectivity index (χ4n) is 2.52. The van der Waals surface area contributed by atoms with E-state index in [0.717, 1.165) is 5.56 Å². The van der Waals surface area contributed by atoms with Gasteiger partial charge in [-0.2, -0.15) is 5.10 Å². The Morgan fingerprint density at radius 2 is 1.56 bits per heavy atom. The van der Waals surface area contributed by atoms with Crippen molar-refractivity contribution < 1.29 is 28.5 Å². The molecule has 0 spiro atoms. The van der Waals surface area contributed by atoms with Crippen LogP contribution in [-0.4, -0.2) is 31.6 Å². The van der Waals surface area contributed by atoms with Gasteiger partial charge in [0.2, 0.25) is 13.6 Å². The fourth-order valence-corrected chi connectivity index (χ4v) is 2.52. The Balaban J connectivity index is 1.27. The zero-order chi connectivity index (χ0) is 18.6. The second kappa shape index (κ2) is 7.24. The van der Waals surface area contributed by atoms with E-state index in [1.165, 1.54) is 6.21 Å². The molecule has 9 nitrogen and oxygen atoms in total. The lowest BCUT2D eigenvalue weighted by Crippen LogP contribution is -2.37. The molecule has 2 amide bonds. The smallest absolute Gasteiger partial charge is 0.329 e. The molecule has 0 atom stereocenters. The third-order valence-corrected chi connectivity index (χ3v) is 3.87. The fraction of sp³-hybridized carbons (Fsp3) is 0.167. The highest BCUT2D eigenvalue weighted by molar-refractivity contribution is 6.35. The lowest BCUT2D eigenvalue weighted by Gasteiger charge is -2.05. The van der Waals surface area contributed by atoms with Gasteiger partial charge in [0.25, 0.3) is 0 Å². The molecule has 0 saturated heterocycles. The van der Waals surface area contributed by atoms with Gasteiger partial charge in [-0.05, 0) is 41.5 Å². The third kappa shape index (κ3) is 3.76. The van der Waals surface area contributed by atoms with Crippen LogP contribution in [0.2, 0.25) is 0 Å². The molecule has 27 heavy (non-hydrogen) atoms. The van der Waals surface area contributed by atoms with Crippen molar-refractivity contribution in [2.45, 2.75) is 6.54 Å². The van der Waals surface area contributed by atoms with Gasteiger partial charge in [0.1, 0.15) is 0 Å². The summed E-state index contributed by atoms with van der Waals surface area (Å²) in [7, 11) is 0. The van der Waals surface area contributed by atoms with E-state index >= 15 is 0 Å². The number of ether oxygens (including phenoxy) is 4. The lowest BCUT2D eigenvalue weighted by molar-refractivity contribution is -0.139. The van der Waals surface area contributed by atoms with Gasteiger partial charge in [0.05, 0.1) is 6.21 Å². The number of hydrogen-bond acceptors (Lipinski definition) is 7. The summed E-state index contributed by atoms with van der Waals surface area (Å²) in [6, 6.07) is 10.5. The van der Waals surface area contributed by atoms with Crippen molar-refractivity contribution >= 4 is 18.0 Å². The average molecular weight is 369 g/mol. The van der Waals surface area contributed by atoms with Gasteiger partial charge in [-0.1, -0.05) is 6.07 Å². The quantitative estimate of drug-likeness (QED) is 0.471. The number of nitrogens with zero attached hydrogens (tertiary/aromatic N) is 1. The third-order valence-electron chi connectivity index (χ3n) is 3.87. The molecule has 2 aromatic rings. The summed E-state index contributed by atoms with van der Waals surface area (Å²) in [5.41, 5.74) is 3.65. The van der Waals surface area contributed by atoms with Gasteiger partial charge in [-0.15, -0.1) is 0 Å². The first kappa shape index (κ1) is 16.7. The molecule has 2 heterocycles. The number of hydrazone groups is 1. The lowest BCUT2D eigenvalue weighted by atomic mass is 10.2. The Hall–Kier alpha value is -3.75. The van der Waals surface area contributed by atoms with E-state index in [2.05, 4.69) is 15.8 Å². The van der Waals surface area contributed by atoms with E-state index in [0.29, 0.717) is 28.6 Å². The number of carbonyl (C=O) groups excluding carboxylic acids is 2. The molecule has 0 fully saturated rings. The van der Waals surface area contributed by atoms with E-state index in [1.807, 2.05) is 0 Å². The molecule has 0 radical (unpaired) electrons. The second-order valence-electron chi connectivity index (χ2n) is 5.68. The van der Waals surface area contributed by atoms with Gasteiger partial charge < -0.3 is 24.3 Å². The highest BCUT2D eigenvalue weighted by atomic mass is 16.7. The minimum absolute atomic E-state index is 0.175. The number of amides is 2. The molecule has 2 N–H and O–H groups in total. The van der Waals surface area contributed by atoms with Crippen LogP contribution in [0.3, 0.4) is 0 Å². The predicted octanol–water partition coefficient (Wildman–Crippen LogP) is 0.910. The molecule has 4 rings (SSSR count). The van der Waals surface area contributed by atoms with Crippen molar-refractivity contribution in [3.8, 4) is 23.0 Å². The van der Waals surface area contributed by atoms with Crippen LogP contribution in [0.4, 0.5) is 0 Å². The van der Waals surface area contributed by atoms with Crippen LogP contribution >= 0.6 is 0 Å². The molecule has 0 aliphatic carbocycles. The normalized spacial score (nSPS) is 13.6. The van der Waals surface area contributed by atoms with Crippen LogP contribution in [-0.2, 0) is 16.1 Å². The van der Waals surface area contributed by atoms with E-state index in [-0.39, 0.29) is 20.1 Å². The highest BCUT2D eigenvalue weighted by Gasteiger charge is 2.16. The summed E-state index contributed by atoms with van der Waals surface area (Å²) >= 11 is 0. The SMILES string of the molecule is O=C(NCc1ccc2c(c1)OCO2)C(=O)N/N=C/c1ccc2c(c1)OCO2. The average Bonchev–Trinajstić information content (AvgIpc) is 3.34. The van der Waals surface area contributed by atoms with Crippen molar-refractivity contribution in [1.82, 2.24) is 10.7 Å². The number of carbonyl (C=O) groups is 2. The molecule has 2 aromatic carbocycles. The van der Waals surface area contributed by atoms with Gasteiger partial charge in [0, 0.05) is 6.54 Å². The summed E-state index contributed by atoms with van der Waals surface area (Å²) in [4.78, 5) is 23.7. The topological polar surface area (TPSA) is 107 Å². The first-order valence-electron chi connectivity index (χ1n) is 8.08. The van der Waals surface area contributed by atoms with Crippen molar-refractivity contribution in [1.29, 1.82) is 0 Å². The molecule has 0 aromatic heterocycles. The summed E-state index contributed by atoms with van der Waals surface area (Å²) in [5, 5.41) is 6.29. The van der Waals surface area contributed by atoms with Crippen molar-refractivity contribution in [3.63, 3.8) is 0 Å². The minimum atomic E-state index is -0.868. The van der Waals surface area contributed by atoms with Crippen LogP contribution in [0.5, 0.6) is 23.0 Å². The maximum Gasteiger partial charge on any atom is 0.329 e. The van der Waals surface area contributed by atoms with Crippen molar-refractivity contribution in [3.05, 3.63) is 47.5 Å². The maximum atomic E-state index is 11.9. The number of nitrogens with one attached hydrogen (secondary N) is 2. The molecule has 138 valence electrons. The van der Waals surface area contributed by atoms with Crippen molar-refractivity contribution in [2.24, 2.45) is 5.10 Å². The zero-order valence-electron chi connectivity index (χ0n) is 14.1. The predicted molar refractivity (Wildman–Crippen MR) is 92.7 cm³/mol. The zero-order valence-corrected chi connectivity index (χ0v) is 14.1. The van der Waals surface area contributed by atoms with E-state index in [1.54, 1.807) is 36.4 Å². The molecule has 2 aliphatic rings. The largest absolute Gasteiger partial charge is 0.454 e. The molecular formula is C18H15N3O6. The monoisotopic (exact) mass is 369 g/mol. The number of fused-ring (bicyclic) bond motifs is 2. The first-order chi connectivity index (χ1) is 13.2. The van der Waals surface area contributed by atoms with Crippen LogP contribution in [0.1, 0.15) is 11.1 Å². The number of benzene rings is 2. The van der Waals surface area contributed by atoms with Gasteiger partial charge in [-0.3, -0.25) is 9.59 Å². The van der Waals surface area contributed by atoms with Gasteiger partial charge in [0.15, 0.2) is 23.0 Å². The Morgan fingerprint density at radius 3 is 2.33 bits per heavy atom. The van der Waals surface area contributed by atoms with Crippen LogP contribution in [0.15, 0.2) is 41.5 Å². The Morgan fingerprint density at radius 1 is 0.889 bits per heavy atom. The van der Waals surface area contributed by atoms with E-state index in [9.17, 15) is 9.59 Å². The molecular weight excluding hydrogens is 354 g/mol. The molecule has 0 unspecified atom stereocenters. The summed E-state index contributed by atoms with van der Waals surface area (Å²) in [5.74, 6) is 0.856. The number of hydrogen-bond donors (Lipinski definition) is 2. The first-order valence-corrected chi connectivity index (χ1v) is 8.08.